The van der Waals surface area contributed by atoms with Gasteiger partial charge in [-0.3, -0.25) is 0 Å². The van der Waals surface area contributed by atoms with E-state index in [-0.39, 0.29) is 18.4 Å². The average molecular weight is 358 g/mol. The van der Waals surface area contributed by atoms with Crippen LogP contribution in [0.5, 0.6) is 0 Å². The standard InChI is InChI=1S/C18H28F2N2O3/c1-13(17(23)24-18(2,3)4)12-16-21-15(22-25-16)11-9-7-5-6-8-10-14(19)20/h14H,1,5-12H2,2-4H3. The second-order valence-corrected chi connectivity index (χ2v) is 7.08. The third-order valence-corrected chi connectivity index (χ3v) is 3.39. The number of rotatable bonds is 11. The summed E-state index contributed by atoms with van der Waals surface area (Å²) in [5, 5.41) is 3.88. The minimum absolute atomic E-state index is 0.0181. The zero-order chi connectivity index (χ0) is 18.9. The van der Waals surface area contributed by atoms with Crippen molar-refractivity contribution in [2.24, 2.45) is 0 Å². The smallest absolute Gasteiger partial charge is 0.334 e. The molecule has 0 saturated heterocycles. The average Bonchev–Trinajstić information content (AvgIpc) is 2.91. The summed E-state index contributed by atoms with van der Waals surface area (Å²) < 4.78 is 34.3. The van der Waals surface area contributed by atoms with E-state index in [1.54, 1.807) is 20.8 Å². The third-order valence-electron chi connectivity index (χ3n) is 3.39. The number of hydrogen-bond acceptors (Lipinski definition) is 5. The van der Waals surface area contributed by atoms with Gasteiger partial charge in [-0.1, -0.05) is 31.0 Å². The quantitative estimate of drug-likeness (QED) is 0.327. The molecule has 0 fully saturated rings. The number of unbranched alkanes of at least 4 members (excludes halogenated alkanes) is 4. The lowest BCUT2D eigenvalue weighted by molar-refractivity contribution is -0.150. The number of carbonyl (C=O) groups excluding carboxylic acids is 1. The number of hydrogen-bond donors (Lipinski definition) is 0. The van der Waals surface area contributed by atoms with Crippen LogP contribution in [0.1, 0.15) is 71.0 Å². The van der Waals surface area contributed by atoms with Crippen LogP contribution in [0.25, 0.3) is 0 Å². The van der Waals surface area contributed by atoms with Crippen molar-refractivity contribution in [1.29, 1.82) is 0 Å². The predicted molar refractivity (Wildman–Crippen MR) is 90.4 cm³/mol. The summed E-state index contributed by atoms with van der Waals surface area (Å²) in [5.41, 5.74) is -0.306. The van der Waals surface area contributed by atoms with Crippen LogP contribution >= 0.6 is 0 Å². The Bertz CT molecular complexity index is 551. The van der Waals surface area contributed by atoms with Crippen LogP contribution in [0.3, 0.4) is 0 Å². The maximum Gasteiger partial charge on any atom is 0.334 e. The first kappa shape index (κ1) is 21.3. The zero-order valence-corrected chi connectivity index (χ0v) is 15.3. The number of ether oxygens (including phenoxy) is 1. The zero-order valence-electron chi connectivity index (χ0n) is 15.3. The van der Waals surface area contributed by atoms with Gasteiger partial charge in [0.05, 0.1) is 6.42 Å². The highest BCUT2D eigenvalue weighted by Gasteiger charge is 2.20. The van der Waals surface area contributed by atoms with Crippen LogP contribution in [-0.2, 0) is 22.4 Å². The van der Waals surface area contributed by atoms with Gasteiger partial charge in [-0.15, -0.1) is 0 Å². The van der Waals surface area contributed by atoms with Crippen molar-refractivity contribution in [3.8, 4) is 0 Å². The van der Waals surface area contributed by atoms with Crippen LogP contribution in [0.15, 0.2) is 16.7 Å². The van der Waals surface area contributed by atoms with E-state index in [4.69, 9.17) is 9.26 Å². The van der Waals surface area contributed by atoms with E-state index in [0.717, 1.165) is 25.7 Å². The Kier molecular flexibility index (Phi) is 8.72. The van der Waals surface area contributed by atoms with Crippen molar-refractivity contribution < 1.29 is 22.8 Å². The molecule has 0 aliphatic rings. The Morgan fingerprint density at radius 2 is 1.84 bits per heavy atom. The van der Waals surface area contributed by atoms with Gasteiger partial charge in [-0.25, -0.2) is 13.6 Å². The molecular weight excluding hydrogens is 330 g/mol. The molecule has 0 aliphatic heterocycles. The van der Waals surface area contributed by atoms with Gasteiger partial charge in [0.15, 0.2) is 5.82 Å². The van der Waals surface area contributed by atoms with Crippen molar-refractivity contribution in [2.75, 3.05) is 0 Å². The van der Waals surface area contributed by atoms with Gasteiger partial charge >= 0.3 is 5.97 Å². The largest absolute Gasteiger partial charge is 0.457 e. The van der Waals surface area contributed by atoms with Gasteiger partial charge < -0.3 is 9.26 Å². The van der Waals surface area contributed by atoms with E-state index >= 15 is 0 Å². The summed E-state index contributed by atoms with van der Waals surface area (Å²) in [6.07, 6.45) is 2.73. The minimum Gasteiger partial charge on any atom is -0.457 e. The summed E-state index contributed by atoms with van der Waals surface area (Å²) >= 11 is 0. The highest BCUT2D eigenvalue weighted by molar-refractivity contribution is 5.88. The number of halogens is 2. The molecule has 0 N–H and O–H groups in total. The van der Waals surface area contributed by atoms with Crippen LogP contribution in [0, 0.1) is 0 Å². The van der Waals surface area contributed by atoms with Gasteiger partial charge in [-0.2, -0.15) is 4.98 Å². The molecule has 5 nitrogen and oxygen atoms in total. The number of alkyl halides is 2. The van der Waals surface area contributed by atoms with E-state index in [2.05, 4.69) is 16.7 Å². The molecular formula is C18H28F2N2O3. The Hall–Kier alpha value is -1.79. The fourth-order valence-electron chi connectivity index (χ4n) is 2.18. The molecule has 0 saturated carbocycles. The van der Waals surface area contributed by atoms with E-state index in [1.807, 2.05) is 0 Å². The normalized spacial score (nSPS) is 11.8. The van der Waals surface area contributed by atoms with Gasteiger partial charge in [0.2, 0.25) is 12.3 Å². The number of aromatic nitrogens is 2. The van der Waals surface area contributed by atoms with Crippen LogP contribution in [-0.4, -0.2) is 28.1 Å². The number of aryl methyl sites for hydroxylation is 1. The van der Waals surface area contributed by atoms with E-state index < -0.39 is 18.0 Å². The van der Waals surface area contributed by atoms with Gasteiger partial charge in [0.25, 0.3) is 0 Å². The molecule has 0 radical (unpaired) electrons. The third kappa shape index (κ3) is 9.94. The van der Waals surface area contributed by atoms with Crippen molar-refractivity contribution in [3.63, 3.8) is 0 Å². The second kappa shape index (κ2) is 10.3. The number of esters is 1. The minimum atomic E-state index is -2.20. The van der Waals surface area contributed by atoms with Crippen LogP contribution in [0.4, 0.5) is 8.78 Å². The molecule has 1 aromatic heterocycles. The summed E-state index contributed by atoms with van der Waals surface area (Å²) in [4.78, 5) is 16.1. The number of nitrogens with zero attached hydrogens (tertiary/aromatic N) is 2. The van der Waals surface area contributed by atoms with Crippen LogP contribution < -0.4 is 0 Å². The maximum absolute atomic E-state index is 12.0. The summed E-state index contributed by atoms with van der Waals surface area (Å²) in [5.74, 6) is 0.443. The SMILES string of the molecule is C=C(Cc1nc(CCCCCCCC(F)F)no1)C(=O)OC(C)(C)C. The highest BCUT2D eigenvalue weighted by atomic mass is 19.3. The van der Waals surface area contributed by atoms with Gasteiger partial charge in [0.1, 0.15) is 5.60 Å². The van der Waals surface area contributed by atoms with E-state index in [1.165, 1.54) is 0 Å². The molecule has 0 aliphatic carbocycles. The molecule has 25 heavy (non-hydrogen) atoms. The predicted octanol–water partition coefficient (Wildman–Crippen LogP) is 4.66. The lowest BCUT2D eigenvalue weighted by atomic mass is 10.1. The fraction of sp³-hybridized carbons (Fsp3) is 0.722. The molecule has 0 spiro atoms. The van der Waals surface area contributed by atoms with Crippen molar-refractivity contribution in [2.45, 2.75) is 84.2 Å². The van der Waals surface area contributed by atoms with E-state index in [0.29, 0.717) is 24.6 Å². The molecule has 1 rings (SSSR count). The molecule has 0 unspecified atom stereocenters. The first-order valence-electron chi connectivity index (χ1n) is 8.68. The van der Waals surface area contributed by atoms with E-state index in [9.17, 15) is 13.6 Å². The Balaban J connectivity index is 2.25. The first-order chi connectivity index (χ1) is 11.7. The lowest BCUT2D eigenvalue weighted by Crippen LogP contribution is -2.25. The van der Waals surface area contributed by atoms with Crippen molar-refractivity contribution in [3.05, 3.63) is 23.9 Å². The summed E-state index contributed by atoms with van der Waals surface area (Å²) in [6, 6.07) is 0. The fourth-order valence-corrected chi connectivity index (χ4v) is 2.18. The maximum atomic E-state index is 12.0. The summed E-state index contributed by atoms with van der Waals surface area (Å²) in [7, 11) is 0. The topological polar surface area (TPSA) is 65.2 Å². The molecule has 0 atom stereocenters. The molecule has 1 heterocycles. The highest BCUT2D eigenvalue weighted by Crippen LogP contribution is 2.14. The molecule has 142 valence electrons. The van der Waals surface area contributed by atoms with Gasteiger partial charge in [-0.05, 0) is 33.6 Å². The monoisotopic (exact) mass is 358 g/mol. The Morgan fingerprint density at radius 3 is 2.48 bits per heavy atom. The summed E-state index contributed by atoms with van der Waals surface area (Å²) in [6.45, 7) is 9.07. The van der Waals surface area contributed by atoms with Gasteiger partial charge in [0, 0.05) is 18.4 Å². The molecule has 0 aromatic carbocycles. The molecule has 7 heteroatoms. The molecule has 0 amide bonds. The first-order valence-corrected chi connectivity index (χ1v) is 8.68. The van der Waals surface area contributed by atoms with Crippen molar-refractivity contribution >= 4 is 5.97 Å². The molecule has 0 bridgehead atoms. The van der Waals surface area contributed by atoms with Crippen molar-refractivity contribution in [1.82, 2.24) is 10.1 Å². The number of carbonyl (C=O) groups is 1. The lowest BCUT2D eigenvalue weighted by Gasteiger charge is -2.19. The Morgan fingerprint density at radius 1 is 1.20 bits per heavy atom. The Labute approximate surface area is 147 Å². The second-order valence-electron chi connectivity index (χ2n) is 7.08. The van der Waals surface area contributed by atoms with Crippen LogP contribution in [0.2, 0.25) is 0 Å². The molecule has 1 aromatic rings.